The van der Waals surface area contributed by atoms with E-state index in [0.29, 0.717) is 19.3 Å². The molecule has 1 unspecified atom stereocenters. The maximum atomic E-state index is 12.8. The molecule has 0 spiro atoms. The average molecular weight is 1050 g/mol. The van der Waals surface area contributed by atoms with E-state index < -0.39 is 6.10 Å². The van der Waals surface area contributed by atoms with Crippen LogP contribution in [-0.4, -0.2) is 37.2 Å². The van der Waals surface area contributed by atoms with E-state index >= 15 is 0 Å². The number of carbonyl (C=O) groups excluding carboxylic acids is 3. The smallest absolute Gasteiger partial charge is 0.306 e. The van der Waals surface area contributed by atoms with E-state index in [1.165, 1.54) is 89.9 Å². The molecule has 430 valence electrons. The van der Waals surface area contributed by atoms with Gasteiger partial charge in [-0.05, 0) is 128 Å². The Kier molecular flexibility index (Phi) is 59.4. The number of carbonyl (C=O) groups is 3. The molecule has 0 aromatic heterocycles. The molecule has 6 heteroatoms. The van der Waals surface area contributed by atoms with Gasteiger partial charge < -0.3 is 14.2 Å². The van der Waals surface area contributed by atoms with Gasteiger partial charge in [0.25, 0.3) is 0 Å². The van der Waals surface area contributed by atoms with Crippen LogP contribution in [0.15, 0.2) is 134 Å². The van der Waals surface area contributed by atoms with E-state index in [0.717, 1.165) is 135 Å². The van der Waals surface area contributed by atoms with Gasteiger partial charge in [-0.3, -0.25) is 14.4 Å². The highest BCUT2D eigenvalue weighted by molar-refractivity contribution is 5.71. The number of ether oxygens (including phenoxy) is 3. The zero-order valence-corrected chi connectivity index (χ0v) is 49.2. The Morgan fingerprint density at radius 3 is 0.842 bits per heavy atom. The van der Waals surface area contributed by atoms with Crippen LogP contribution >= 0.6 is 0 Å². The van der Waals surface area contributed by atoms with Crippen LogP contribution in [0.25, 0.3) is 0 Å². The van der Waals surface area contributed by atoms with Crippen LogP contribution in [0.3, 0.4) is 0 Å². The molecular formula is C70H114O6. The van der Waals surface area contributed by atoms with Crippen molar-refractivity contribution in [3.8, 4) is 0 Å². The molecule has 0 amide bonds. The summed E-state index contributed by atoms with van der Waals surface area (Å²) in [5.41, 5.74) is 0. The van der Waals surface area contributed by atoms with Gasteiger partial charge in [-0.25, -0.2) is 0 Å². The molecule has 0 rings (SSSR count). The zero-order valence-electron chi connectivity index (χ0n) is 49.2. The first kappa shape index (κ1) is 71.5. The van der Waals surface area contributed by atoms with Gasteiger partial charge in [-0.2, -0.15) is 0 Å². The Morgan fingerprint density at radius 1 is 0.276 bits per heavy atom. The predicted molar refractivity (Wildman–Crippen MR) is 329 cm³/mol. The van der Waals surface area contributed by atoms with Crippen molar-refractivity contribution in [2.24, 2.45) is 0 Å². The van der Waals surface area contributed by atoms with Gasteiger partial charge in [-0.1, -0.05) is 257 Å². The summed E-state index contributed by atoms with van der Waals surface area (Å²) < 4.78 is 16.8. The minimum absolute atomic E-state index is 0.0996. The second-order valence-corrected chi connectivity index (χ2v) is 20.2. The second kappa shape index (κ2) is 63.1. The summed E-state index contributed by atoms with van der Waals surface area (Å²) in [5.74, 6) is -0.954. The fourth-order valence-corrected chi connectivity index (χ4v) is 8.26. The van der Waals surface area contributed by atoms with Gasteiger partial charge in [0.15, 0.2) is 6.10 Å². The molecule has 0 aromatic carbocycles. The normalized spacial score (nSPS) is 13.0. The fraction of sp³-hybridized carbons (Fsp3) is 0.643. The van der Waals surface area contributed by atoms with Crippen molar-refractivity contribution in [1.29, 1.82) is 0 Å². The zero-order chi connectivity index (χ0) is 55.0. The van der Waals surface area contributed by atoms with Crippen LogP contribution < -0.4 is 0 Å². The van der Waals surface area contributed by atoms with Gasteiger partial charge in [0.1, 0.15) is 13.2 Å². The van der Waals surface area contributed by atoms with Crippen molar-refractivity contribution in [1.82, 2.24) is 0 Å². The van der Waals surface area contributed by atoms with Crippen molar-refractivity contribution in [2.45, 2.75) is 277 Å². The molecule has 0 heterocycles. The minimum atomic E-state index is -0.805. The van der Waals surface area contributed by atoms with Crippen molar-refractivity contribution >= 4 is 17.9 Å². The summed E-state index contributed by atoms with van der Waals surface area (Å²) >= 11 is 0. The topological polar surface area (TPSA) is 78.9 Å². The Hall–Kier alpha value is -4.45. The first-order valence-electron chi connectivity index (χ1n) is 31.2. The van der Waals surface area contributed by atoms with Gasteiger partial charge >= 0.3 is 17.9 Å². The van der Waals surface area contributed by atoms with Crippen LogP contribution in [0.5, 0.6) is 0 Å². The van der Waals surface area contributed by atoms with Crippen LogP contribution in [0.2, 0.25) is 0 Å². The largest absolute Gasteiger partial charge is 0.462 e. The number of rotatable bonds is 55. The Balaban J connectivity index is 4.18. The summed E-state index contributed by atoms with van der Waals surface area (Å²) in [6.45, 7) is 6.30. The molecule has 1 atom stereocenters. The first-order valence-corrected chi connectivity index (χ1v) is 31.2. The molecule has 0 aromatic rings. The van der Waals surface area contributed by atoms with E-state index in [-0.39, 0.29) is 37.5 Å². The molecule has 76 heavy (non-hydrogen) atoms. The minimum Gasteiger partial charge on any atom is -0.462 e. The van der Waals surface area contributed by atoms with E-state index in [2.05, 4.69) is 154 Å². The first-order chi connectivity index (χ1) is 37.5. The Bertz CT molecular complexity index is 1630. The van der Waals surface area contributed by atoms with Crippen LogP contribution in [0.4, 0.5) is 0 Å². The van der Waals surface area contributed by atoms with Crippen molar-refractivity contribution in [2.75, 3.05) is 13.2 Å². The van der Waals surface area contributed by atoms with E-state index in [4.69, 9.17) is 14.2 Å². The van der Waals surface area contributed by atoms with Crippen molar-refractivity contribution < 1.29 is 28.6 Å². The molecule has 6 nitrogen and oxygen atoms in total. The quantitative estimate of drug-likeness (QED) is 0.0261. The predicted octanol–water partition coefficient (Wildman–Crippen LogP) is 21.4. The lowest BCUT2D eigenvalue weighted by Gasteiger charge is -2.18. The van der Waals surface area contributed by atoms with Crippen molar-refractivity contribution in [3.05, 3.63) is 134 Å². The summed E-state index contributed by atoms with van der Waals surface area (Å²) in [7, 11) is 0. The Labute approximate surface area is 468 Å². The standard InChI is InChI=1S/C70H114O6/c1-4-7-10-13-16-19-22-24-26-27-28-29-30-31-32-33-34-35-36-37-38-39-40-41-42-43-45-46-48-51-54-57-60-63-69(72)75-66-67(65-74-68(71)62-59-56-53-50-21-18-15-12-9-6-3)76-70(73)64-61-58-55-52-49-47-44-25-23-20-17-14-11-8-5-2/h7-8,10-12,15-17,19-20,24-26,28-29,31-32,34-35,44,49,52,67H,4-6,9,13-14,18,21-23,27,30,33,36-43,45-48,50-51,53-66H2,1-3H3/b10-7-,11-8-,15-12-,19-16-,20-17-,26-24-,29-28-,32-31-,35-34-,44-25-,52-49-. The average Bonchev–Trinajstić information content (AvgIpc) is 3.42. The third-order valence-electron chi connectivity index (χ3n) is 12.9. The van der Waals surface area contributed by atoms with Crippen LogP contribution in [0, 0.1) is 0 Å². The SMILES string of the molecule is CC/C=C\C/C=C\C/C=C\C/C=C\C/C=C\C/C=C\CCCCCCCCCCCCCCCCC(=O)OCC(COC(=O)CCCCCCC/C=C\CCC)OC(=O)CCCC/C=C\C/C=C\C/C=C\C/C=C\CC. The lowest BCUT2D eigenvalue weighted by atomic mass is 10.0. The van der Waals surface area contributed by atoms with Gasteiger partial charge in [0.05, 0.1) is 0 Å². The summed E-state index contributed by atoms with van der Waals surface area (Å²) in [6.07, 6.45) is 89.1. The van der Waals surface area contributed by atoms with E-state index in [9.17, 15) is 14.4 Å². The molecule has 0 fully saturated rings. The van der Waals surface area contributed by atoms with E-state index in [1.54, 1.807) is 0 Å². The summed E-state index contributed by atoms with van der Waals surface area (Å²) in [4.78, 5) is 38.1. The van der Waals surface area contributed by atoms with E-state index in [1.807, 2.05) is 0 Å². The van der Waals surface area contributed by atoms with Gasteiger partial charge in [0.2, 0.25) is 0 Å². The molecule has 0 aliphatic carbocycles. The maximum absolute atomic E-state index is 12.8. The van der Waals surface area contributed by atoms with Gasteiger partial charge in [-0.15, -0.1) is 0 Å². The Morgan fingerprint density at radius 2 is 0.513 bits per heavy atom. The molecule has 0 radical (unpaired) electrons. The lowest BCUT2D eigenvalue weighted by molar-refractivity contribution is -0.167. The fourth-order valence-electron chi connectivity index (χ4n) is 8.26. The number of esters is 3. The third kappa shape index (κ3) is 60.4. The van der Waals surface area contributed by atoms with Crippen molar-refractivity contribution in [3.63, 3.8) is 0 Å². The van der Waals surface area contributed by atoms with Crippen LogP contribution in [0.1, 0.15) is 271 Å². The summed E-state index contributed by atoms with van der Waals surface area (Å²) in [5, 5.41) is 0. The molecule has 0 aliphatic rings. The highest BCUT2D eigenvalue weighted by atomic mass is 16.6. The molecular weight excluding hydrogens is 937 g/mol. The molecule has 0 saturated heterocycles. The monoisotopic (exact) mass is 1050 g/mol. The number of hydrogen-bond acceptors (Lipinski definition) is 6. The second-order valence-electron chi connectivity index (χ2n) is 20.2. The number of unbranched alkanes of at least 4 members (excludes halogenated alkanes) is 22. The third-order valence-corrected chi connectivity index (χ3v) is 12.9. The molecule has 0 aliphatic heterocycles. The summed E-state index contributed by atoms with van der Waals surface area (Å²) in [6, 6.07) is 0. The van der Waals surface area contributed by atoms with Crippen LogP contribution in [-0.2, 0) is 28.6 Å². The number of allylic oxidation sites excluding steroid dienone is 22. The maximum Gasteiger partial charge on any atom is 0.306 e. The number of hydrogen-bond donors (Lipinski definition) is 0. The van der Waals surface area contributed by atoms with Gasteiger partial charge in [0, 0.05) is 19.3 Å². The lowest BCUT2D eigenvalue weighted by Crippen LogP contribution is -2.30. The molecule has 0 saturated carbocycles. The molecule has 0 N–H and O–H groups in total. The highest BCUT2D eigenvalue weighted by Gasteiger charge is 2.19. The highest BCUT2D eigenvalue weighted by Crippen LogP contribution is 2.15. The molecule has 0 bridgehead atoms.